The molecule has 8 nitrogen and oxygen atoms in total. The highest BCUT2D eigenvalue weighted by molar-refractivity contribution is 7.89. The Morgan fingerprint density at radius 2 is 2.05 bits per heavy atom. The highest BCUT2D eigenvalue weighted by Crippen LogP contribution is 2.32. The van der Waals surface area contributed by atoms with E-state index in [1.807, 2.05) is 0 Å². The zero-order valence-electron chi connectivity index (χ0n) is 10.7. The zero-order chi connectivity index (χ0) is 14.8. The largest absolute Gasteiger partial charge is 0.486 e. The number of hydrogen-bond donors (Lipinski definition) is 3. The Kier molecular flexibility index (Phi) is 4.00. The summed E-state index contributed by atoms with van der Waals surface area (Å²) < 4.78 is 37.2. The van der Waals surface area contributed by atoms with Crippen LogP contribution < -0.4 is 19.9 Å². The van der Waals surface area contributed by atoms with Gasteiger partial charge in [0.25, 0.3) is 0 Å². The number of sulfonamides is 1. The summed E-state index contributed by atoms with van der Waals surface area (Å²) in [4.78, 5) is 0.0133. The van der Waals surface area contributed by atoms with Gasteiger partial charge in [-0.05, 0) is 19.1 Å². The van der Waals surface area contributed by atoms with Gasteiger partial charge in [-0.2, -0.15) is 0 Å². The molecule has 0 radical (unpaired) electrons. The van der Waals surface area contributed by atoms with E-state index >= 15 is 0 Å². The molecule has 0 spiro atoms. The second-order valence-electron chi connectivity index (χ2n) is 4.17. The molecule has 0 aromatic heterocycles. The lowest BCUT2D eigenvalue weighted by molar-refractivity contribution is 0.171. The lowest BCUT2D eigenvalue weighted by atomic mass is 10.3. The molecule has 1 aromatic rings. The van der Waals surface area contributed by atoms with Crippen molar-refractivity contribution in [1.29, 1.82) is 0 Å². The van der Waals surface area contributed by atoms with Gasteiger partial charge in [-0.15, -0.1) is 0 Å². The van der Waals surface area contributed by atoms with Crippen molar-refractivity contribution in [2.24, 2.45) is 10.9 Å². The van der Waals surface area contributed by atoms with E-state index in [4.69, 9.17) is 20.4 Å². The van der Waals surface area contributed by atoms with Gasteiger partial charge in [-0.1, -0.05) is 5.16 Å². The number of benzene rings is 1. The van der Waals surface area contributed by atoms with Crippen molar-refractivity contribution in [3.8, 4) is 11.5 Å². The molecule has 1 heterocycles. The summed E-state index contributed by atoms with van der Waals surface area (Å²) in [7, 11) is -3.81. The Balaban J connectivity index is 2.26. The van der Waals surface area contributed by atoms with Crippen molar-refractivity contribution in [1.82, 2.24) is 4.72 Å². The monoisotopic (exact) mass is 301 g/mol. The molecule has 1 unspecified atom stereocenters. The number of hydrogen-bond acceptors (Lipinski definition) is 6. The van der Waals surface area contributed by atoms with Gasteiger partial charge in [0.15, 0.2) is 17.3 Å². The number of nitrogens with zero attached hydrogens (tertiary/aromatic N) is 1. The standard InChI is InChI=1S/C11H15N3O5S/c1-7(11(12)13-15)14-20(16,17)8-2-3-9-10(6-8)19-5-4-18-9/h2-3,6-7,14-15H,4-5H2,1H3,(H2,12,13). The van der Waals surface area contributed by atoms with Crippen LogP contribution >= 0.6 is 0 Å². The van der Waals surface area contributed by atoms with Crippen molar-refractivity contribution in [3.63, 3.8) is 0 Å². The van der Waals surface area contributed by atoms with Crippen molar-refractivity contribution in [2.75, 3.05) is 13.2 Å². The number of amidine groups is 1. The summed E-state index contributed by atoms with van der Waals surface area (Å²) in [5.74, 6) is 0.640. The molecule has 9 heteroatoms. The van der Waals surface area contributed by atoms with Gasteiger partial charge in [0.2, 0.25) is 10.0 Å². The van der Waals surface area contributed by atoms with Crippen LogP contribution in [0.4, 0.5) is 0 Å². The van der Waals surface area contributed by atoms with Crippen LogP contribution in [0.2, 0.25) is 0 Å². The number of oxime groups is 1. The van der Waals surface area contributed by atoms with Crippen LogP contribution in [0.3, 0.4) is 0 Å². The van der Waals surface area contributed by atoms with E-state index < -0.39 is 16.1 Å². The second-order valence-corrected chi connectivity index (χ2v) is 5.89. The molecule has 2 rings (SSSR count). The maximum atomic E-state index is 12.1. The molecular formula is C11H15N3O5S. The average Bonchev–Trinajstić information content (AvgIpc) is 2.45. The first-order valence-electron chi connectivity index (χ1n) is 5.83. The molecule has 4 N–H and O–H groups in total. The number of nitrogens with one attached hydrogen (secondary N) is 1. The first-order valence-corrected chi connectivity index (χ1v) is 7.32. The Hall–Kier alpha value is -2.00. The van der Waals surface area contributed by atoms with Gasteiger partial charge in [-0.25, -0.2) is 13.1 Å². The van der Waals surface area contributed by atoms with Crippen molar-refractivity contribution in [3.05, 3.63) is 18.2 Å². The molecule has 0 saturated carbocycles. The summed E-state index contributed by atoms with van der Waals surface area (Å²) in [6, 6.07) is 3.46. The normalized spacial score (nSPS) is 16.8. The number of fused-ring (bicyclic) bond motifs is 1. The topological polar surface area (TPSA) is 123 Å². The molecule has 0 saturated heterocycles. The molecular weight excluding hydrogens is 286 g/mol. The number of ether oxygens (including phenoxy) is 2. The summed E-state index contributed by atoms with van der Waals surface area (Å²) >= 11 is 0. The smallest absolute Gasteiger partial charge is 0.241 e. The third-order valence-corrected chi connectivity index (χ3v) is 4.25. The first kappa shape index (κ1) is 14.4. The lowest BCUT2D eigenvalue weighted by Gasteiger charge is -2.19. The van der Waals surface area contributed by atoms with E-state index in [1.165, 1.54) is 25.1 Å². The maximum Gasteiger partial charge on any atom is 0.241 e. The van der Waals surface area contributed by atoms with E-state index in [0.717, 1.165) is 0 Å². The van der Waals surface area contributed by atoms with Gasteiger partial charge < -0.3 is 20.4 Å². The highest BCUT2D eigenvalue weighted by Gasteiger charge is 2.22. The van der Waals surface area contributed by atoms with Crippen LogP contribution in [0.15, 0.2) is 28.3 Å². The van der Waals surface area contributed by atoms with Crippen LogP contribution in [-0.4, -0.2) is 38.7 Å². The van der Waals surface area contributed by atoms with E-state index in [2.05, 4.69) is 9.88 Å². The number of rotatable bonds is 4. The SMILES string of the molecule is CC(NS(=O)(=O)c1ccc2c(c1)OCCO2)/C(N)=N/O. The van der Waals surface area contributed by atoms with Crippen LogP contribution in [0.5, 0.6) is 11.5 Å². The van der Waals surface area contributed by atoms with Crippen molar-refractivity contribution in [2.45, 2.75) is 17.9 Å². The van der Waals surface area contributed by atoms with Crippen molar-refractivity contribution >= 4 is 15.9 Å². The third-order valence-electron chi connectivity index (χ3n) is 2.71. The Bertz CT molecular complexity index is 629. The first-order chi connectivity index (χ1) is 9.44. The Morgan fingerprint density at radius 3 is 2.70 bits per heavy atom. The molecule has 1 aliphatic rings. The van der Waals surface area contributed by atoms with E-state index in [1.54, 1.807) is 0 Å². The van der Waals surface area contributed by atoms with Gasteiger partial charge in [0.1, 0.15) is 13.2 Å². The Morgan fingerprint density at radius 1 is 1.40 bits per heavy atom. The predicted octanol–water partition coefficient (Wildman–Crippen LogP) is -0.129. The molecule has 0 amide bonds. The van der Waals surface area contributed by atoms with Gasteiger partial charge in [0.05, 0.1) is 10.9 Å². The van der Waals surface area contributed by atoms with Gasteiger partial charge in [0, 0.05) is 6.07 Å². The van der Waals surface area contributed by atoms with E-state index in [0.29, 0.717) is 24.7 Å². The van der Waals surface area contributed by atoms with E-state index in [-0.39, 0.29) is 10.7 Å². The van der Waals surface area contributed by atoms with Crippen LogP contribution in [-0.2, 0) is 10.0 Å². The molecule has 1 aliphatic heterocycles. The van der Waals surface area contributed by atoms with Gasteiger partial charge >= 0.3 is 0 Å². The minimum absolute atomic E-state index is 0.0133. The molecule has 0 bridgehead atoms. The molecule has 20 heavy (non-hydrogen) atoms. The lowest BCUT2D eigenvalue weighted by Crippen LogP contribution is -2.42. The van der Waals surface area contributed by atoms with E-state index in [9.17, 15) is 8.42 Å². The van der Waals surface area contributed by atoms with Crippen LogP contribution in [0.25, 0.3) is 0 Å². The summed E-state index contributed by atoms with van der Waals surface area (Å²) in [6.45, 7) is 2.26. The maximum absolute atomic E-state index is 12.1. The fraction of sp³-hybridized carbons (Fsp3) is 0.364. The predicted molar refractivity (Wildman–Crippen MR) is 70.6 cm³/mol. The minimum atomic E-state index is -3.81. The fourth-order valence-corrected chi connectivity index (χ4v) is 2.87. The second kappa shape index (κ2) is 5.55. The van der Waals surface area contributed by atoms with Crippen molar-refractivity contribution < 1.29 is 23.1 Å². The summed E-state index contributed by atoms with van der Waals surface area (Å²) in [6.07, 6.45) is 0. The average molecular weight is 301 g/mol. The molecule has 0 aliphatic carbocycles. The fourth-order valence-electron chi connectivity index (χ4n) is 1.64. The minimum Gasteiger partial charge on any atom is -0.486 e. The van der Waals surface area contributed by atoms with Crippen LogP contribution in [0, 0.1) is 0 Å². The summed E-state index contributed by atoms with van der Waals surface area (Å²) in [5, 5.41) is 11.3. The Labute approximate surface area is 116 Å². The quantitative estimate of drug-likeness (QED) is 0.308. The third kappa shape index (κ3) is 2.94. The molecule has 1 aromatic carbocycles. The summed E-state index contributed by atoms with van der Waals surface area (Å²) in [5.41, 5.74) is 5.34. The van der Waals surface area contributed by atoms with Crippen LogP contribution in [0.1, 0.15) is 6.92 Å². The molecule has 1 atom stereocenters. The molecule has 110 valence electrons. The number of nitrogens with two attached hydrogens (primary N) is 1. The zero-order valence-corrected chi connectivity index (χ0v) is 11.6. The molecule has 0 fully saturated rings. The highest BCUT2D eigenvalue weighted by atomic mass is 32.2. The van der Waals surface area contributed by atoms with Gasteiger partial charge in [-0.3, -0.25) is 0 Å².